The lowest BCUT2D eigenvalue weighted by Crippen LogP contribution is -2.21. The number of aryl methyl sites for hydroxylation is 1. The first kappa shape index (κ1) is 15.6. The Morgan fingerprint density at radius 3 is 2.37 bits per heavy atom. The first-order valence-corrected chi connectivity index (χ1v) is 8.60. The van der Waals surface area contributed by atoms with E-state index in [0.29, 0.717) is 16.9 Å². The van der Waals surface area contributed by atoms with Crippen molar-refractivity contribution in [2.45, 2.75) is 6.92 Å². The smallest absolute Gasteiger partial charge is 0.202 e. The molecule has 1 N–H and O–H groups in total. The van der Waals surface area contributed by atoms with Gasteiger partial charge in [-0.2, -0.15) is 0 Å². The van der Waals surface area contributed by atoms with Gasteiger partial charge in [0, 0.05) is 22.1 Å². The van der Waals surface area contributed by atoms with Gasteiger partial charge in [-0.1, -0.05) is 42.5 Å². The molecule has 1 aliphatic rings. The summed E-state index contributed by atoms with van der Waals surface area (Å²) in [5.41, 5.74) is 2.93. The van der Waals surface area contributed by atoms with Gasteiger partial charge in [-0.15, -0.1) is 0 Å². The highest BCUT2D eigenvalue weighted by molar-refractivity contribution is 6.32. The monoisotopic (exact) mass is 354 g/mol. The summed E-state index contributed by atoms with van der Waals surface area (Å²) in [7, 11) is 0. The molecule has 0 radical (unpaired) electrons. The minimum Gasteiger partial charge on any atom is -0.507 e. The third-order valence-corrected chi connectivity index (χ3v) is 5.06. The summed E-state index contributed by atoms with van der Waals surface area (Å²) in [4.78, 5) is 26.1. The van der Waals surface area contributed by atoms with Crippen LogP contribution in [0.4, 0.5) is 0 Å². The van der Waals surface area contributed by atoms with E-state index < -0.39 is 5.78 Å². The summed E-state index contributed by atoms with van der Waals surface area (Å²) in [6, 6.07) is 17.8. The number of carbonyl (C=O) groups excluding carboxylic acids is 2. The molecular formula is C23H14O4. The molecule has 4 heteroatoms. The second kappa shape index (κ2) is 5.42. The summed E-state index contributed by atoms with van der Waals surface area (Å²) in [5.74, 6) is -0.236. The van der Waals surface area contributed by atoms with Crippen LogP contribution in [-0.4, -0.2) is 16.7 Å². The topological polar surface area (TPSA) is 67.5 Å². The summed E-state index contributed by atoms with van der Waals surface area (Å²) < 4.78 is 6.05. The molecule has 0 saturated carbocycles. The third kappa shape index (κ3) is 2.10. The van der Waals surface area contributed by atoms with Crippen LogP contribution in [0.3, 0.4) is 0 Å². The molecule has 0 spiro atoms. The van der Waals surface area contributed by atoms with Crippen molar-refractivity contribution < 1.29 is 19.1 Å². The highest BCUT2D eigenvalue weighted by Gasteiger charge is 2.35. The van der Waals surface area contributed by atoms with Crippen LogP contribution in [0.5, 0.6) is 5.75 Å². The van der Waals surface area contributed by atoms with Crippen molar-refractivity contribution in [3.63, 3.8) is 0 Å². The summed E-state index contributed by atoms with van der Waals surface area (Å²) in [5, 5.41) is 11.0. The third-order valence-electron chi connectivity index (χ3n) is 5.06. The van der Waals surface area contributed by atoms with Crippen molar-refractivity contribution in [2.24, 2.45) is 0 Å². The molecule has 0 bridgehead atoms. The van der Waals surface area contributed by atoms with Crippen molar-refractivity contribution >= 4 is 22.5 Å². The van der Waals surface area contributed by atoms with Crippen molar-refractivity contribution in [3.05, 3.63) is 88.5 Å². The fraction of sp³-hybridized carbons (Fsp3) is 0.0435. The number of furan rings is 1. The normalized spacial score (nSPS) is 12.9. The molecule has 1 aromatic heterocycles. The van der Waals surface area contributed by atoms with E-state index in [0.717, 1.165) is 16.5 Å². The zero-order valence-electron chi connectivity index (χ0n) is 14.4. The Morgan fingerprint density at radius 1 is 0.815 bits per heavy atom. The van der Waals surface area contributed by atoms with Crippen molar-refractivity contribution in [1.29, 1.82) is 0 Å². The molecule has 4 nitrogen and oxygen atoms in total. The van der Waals surface area contributed by atoms with Gasteiger partial charge in [-0.05, 0) is 30.7 Å². The Hall–Kier alpha value is -3.66. The lowest BCUT2D eigenvalue weighted by Gasteiger charge is -2.19. The van der Waals surface area contributed by atoms with Crippen LogP contribution in [0.25, 0.3) is 22.3 Å². The first-order chi connectivity index (χ1) is 13.1. The quantitative estimate of drug-likeness (QED) is 0.465. The Morgan fingerprint density at radius 2 is 1.59 bits per heavy atom. The van der Waals surface area contributed by atoms with Crippen LogP contribution < -0.4 is 0 Å². The SMILES string of the molecule is Cc1cc2c(c3oc(-c4ccccc4)cc13)C(=O)c1c(O)cccc1C2=O. The minimum absolute atomic E-state index is 0.0396. The van der Waals surface area contributed by atoms with Crippen LogP contribution in [0, 0.1) is 6.92 Å². The molecule has 0 saturated heterocycles. The average molecular weight is 354 g/mol. The number of hydrogen-bond donors (Lipinski definition) is 1. The Labute approximate surface area is 154 Å². The van der Waals surface area contributed by atoms with E-state index in [9.17, 15) is 14.7 Å². The average Bonchev–Trinajstić information content (AvgIpc) is 3.12. The highest BCUT2D eigenvalue weighted by atomic mass is 16.3. The van der Waals surface area contributed by atoms with Crippen LogP contribution in [0.1, 0.15) is 37.4 Å². The van der Waals surface area contributed by atoms with Crippen molar-refractivity contribution in [3.8, 4) is 17.1 Å². The maximum Gasteiger partial charge on any atom is 0.202 e. The number of carbonyl (C=O) groups is 2. The molecule has 130 valence electrons. The zero-order chi connectivity index (χ0) is 18.7. The molecule has 3 aromatic carbocycles. The minimum atomic E-state index is -0.392. The van der Waals surface area contributed by atoms with E-state index >= 15 is 0 Å². The van der Waals surface area contributed by atoms with E-state index in [4.69, 9.17) is 4.42 Å². The number of phenols is 1. The predicted octanol–water partition coefficient (Wildman–Crippen LogP) is 4.89. The number of rotatable bonds is 1. The predicted molar refractivity (Wildman–Crippen MR) is 101 cm³/mol. The van der Waals surface area contributed by atoms with Crippen LogP contribution >= 0.6 is 0 Å². The maximum atomic E-state index is 13.2. The molecule has 0 unspecified atom stereocenters. The van der Waals surface area contributed by atoms with E-state index in [-0.39, 0.29) is 28.2 Å². The molecule has 1 aliphatic carbocycles. The lowest BCUT2D eigenvalue weighted by molar-refractivity contribution is 0.0977. The molecule has 0 aliphatic heterocycles. The molecule has 0 atom stereocenters. The molecule has 0 amide bonds. The molecular weight excluding hydrogens is 340 g/mol. The fourth-order valence-electron chi connectivity index (χ4n) is 3.75. The summed E-state index contributed by atoms with van der Waals surface area (Å²) in [6.45, 7) is 1.89. The van der Waals surface area contributed by atoms with Gasteiger partial charge in [-0.25, -0.2) is 0 Å². The van der Waals surface area contributed by atoms with Gasteiger partial charge in [0.05, 0.1) is 11.1 Å². The largest absolute Gasteiger partial charge is 0.507 e. The number of fused-ring (bicyclic) bond motifs is 4. The summed E-state index contributed by atoms with van der Waals surface area (Å²) in [6.07, 6.45) is 0. The second-order valence-corrected chi connectivity index (χ2v) is 6.69. The number of benzene rings is 3. The number of phenolic OH excluding ortho intramolecular Hbond substituents is 1. The van der Waals surface area contributed by atoms with E-state index in [2.05, 4.69) is 0 Å². The second-order valence-electron chi connectivity index (χ2n) is 6.69. The van der Waals surface area contributed by atoms with Crippen LogP contribution in [0.15, 0.2) is 65.1 Å². The van der Waals surface area contributed by atoms with Gasteiger partial charge in [0.2, 0.25) is 5.78 Å². The van der Waals surface area contributed by atoms with Crippen LogP contribution in [-0.2, 0) is 0 Å². The first-order valence-electron chi connectivity index (χ1n) is 8.60. The standard InChI is InChI=1S/C23H14O4/c1-12-10-16-20(22(26)19-14(21(16)25)8-5-9-17(19)24)23-15(12)11-18(27-23)13-6-3-2-4-7-13/h2-11,24H,1H3. The molecule has 5 rings (SSSR count). The fourth-order valence-corrected chi connectivity index (χ4v) is 3.75. The van der Waals surface area contributed by atoms with E-state index in [1.807, 2.05) is 43.3 Å². The van der Waals surface area contributed by atoms with E-state index in [1.54, 1.807) is 18.2 Å². The van der Waals surface area contributed by atoms with Gasteiger partial charge >= 0.3 is 0 Å². The molecule has 0 fully saturated rings. The zero-order valence-corrected chi connectivity index (χ0v) is 14.4. The Kier molecular flexibility index (Phi) is 3.13. The van der Waals surface area contributed by atoms with Gasteiger partial charge in [0.15, 0.2) is 5.78 Å². The lowest BCUT2D eigenvalue weighted by atomic mass is 9.82. The number of hydrogen-bond acceptors (Lipinski definition) is 4. The van der Waals surface area contributed by atoms with Gasteiger partial charge in [0.1, 0.15) is 17.1 Å². The van der Waals surface area contributed by atoms with Gasteiger partial charge < -0.3 is 9.52 Å². The van der Waals surface area contributed by atoms with Gasteiger partial charge in [-0.3, -0.25) is 9.59 Å². The van der Waals surface area contributed by atoms with E-state index in [1.165, 1.54) is 6.07 Å². The Bertz CT molecular complexity index is 1260. The van der Waals surface area contributed by atoms with Crippen molar-refractivity contribution in [2.75, 3.05) is 0 Å². The highest BCUT2D eigenvalue weighted by Crippen LogP contribution is 2.40. The van der Waals surface area contributed by atoms with Gasteiger partial charge in [0.25, 0.3) is 0 Å². The Balaban J connectivity index is 1.84. The summed E-state index contributed by atoms with van der Waals surface area (Å²) >= 11 is 0. The maximum absolute atomic E-state index is 13.2. The molecule has 27 heavy (non-hydrogen) atoms. The van der Waals surface area contributed by atoms with Crippen molar-refractivity contribution in [1.82, 2.24) is 0 Å². The number of ketones is 2. The molecule has 4 aromatic rings. The molecule has 1 heterocycles. The van der Waals surface area contributed by atoms with Crippen LogP contribution in [0.2, 0.25) is 0 Å². The number of aromatic hydroxyl groups is 1.